The average Bonchev–Trinajstić information content (AvgIpc) is 3.32. The summed E-state index contributed by atoms with van der Waals surface area (Å²) >= 11 is 6.19. The molecular formula is C27H28ClN7O2. The maximum atomic E-state index is 6.19. The fraction of sp³-hybridized carbons (Fsp3) is 0.407. The number of halogens is 1. The summed E-state index contributed by atoms with van der Waals surface area (Å²) in [4.78, 5) is 9.35. The van der Waals surface area contributed by atoms with Crippen molar-refractivity contribution in [3.8, 4) is 22.7 Å². The Hall–Kier alpha value is -3.43. The summed E-state index contributed by atoms with van der Waals surface area (Å²) in [6, 6.07) is 14.4. The minimum Gasteiger partial charge on any atom is -0.378 e. The molecule has 0 spiro atoms. The number of benzene rings is 1. The van der Waals surface area contributed by atoms with Crippen LogP contribution in [0, 0.1) is 0 Å². The quantitative estimate of drug-likeness (QED) is 0.346. The van der Waals surface area contributed by atoms with Gasteiger partial charge in [-0.2, -0.15) is 0 Å². The van der Waals surface area contributed by atoms with Gasteiger partial charge in [-0.1, -0.05) is 28.9 Å². The lowest BCUT2D eigenvalue weighted by atomic mass is 10.1. The maximum absolute atomic E-state index is 6.19. The van der Waals surface area contributed by atoms with Crippen LogP contribution >= 0.6 is 11.6 Å². The van der Waals surface area contributed by atoms with Crippen LogP contribution in [0.3, 0.4) is 0 Å². The molecule has 7 rings (SSSR count). The molecule has 1 unspecified atom stereocenters. The number of ether oxygens (including phenoxy) is 1. The lowest BCUT2D eigenvalue weighted by Gasteiger charge is -2.27. The van der Waals surface area contributed by atoms with Crippen LogP contribution in [0.4, 0.5) is 11.8 Å². The Kier molecular flexibility index (Phi) is 5.82. The van der Waals surface area contributed by atoms with Crippen LogP contribution in [0.5, 0.6) is 0 Å². The van der Waals surface area contributed by atoms with Gasteiger partial charge in [0.2, 0.25) is 5.95 Å². The Labute approximate surface area is 220 Å². The second-order valence-electron chi connectivity index (χ2n) is 9.91. The number of aromatic nitrogens is 5. The first-order valence-corrected chi connectivity index (χ1v) is 13.4. The zero-order valence-electron chi connectivity index (χ0n) is 20.5. The zero-order valence-corrected chi connectivity index (χ0v) is 21.2. The van der Waals surface area contributed by atoms with Crippen LogP contribution in [-0.2, 0) is 4.74 Å². The van der Waals surface area contributed by atoms with Crippen LogP contribution < -0.4 is 9.80 Å². The van der Waals surface area contributed by atoms with E-state index in [9.17, 15) is 0 Å². The topological polar surface area (TPSA) is 85.3 Å². The van der Waals surface area contributed by atoms with Crippen LogP contribution in [0.1, 0.15) is 43.5 Å². The van der Waals surface area contributed by atoms with Gasteiger partial charge < -0.3 is 19.1 Å². The molecule has 0 bridgehead atoms. The van der Waals surface area contributed by atoms with Crippen LogP contribution in [0.15, 0.2) is 53.2 Å². The van der Waals surface area contributed by atoms with E-state index < -0.39 is 0 Å². The van der Waals surface area contributed by atoms with E-state index in [1.165, 1.54) is 0 Å². The Balaban J connectivity index is 1.18. The first-order valence-electron chi connectivity index (χ1n) is 13.0. The summed E-state index contributed by atoms with van der Waals surface area (Å²) in [6.07, 6.45) is 6.25. The number of nitrogens with zero attached hydrogens (tertiary/aromatic N) is 7. The molecule has 9 nitrogen and oxygen atoms in total. The number of anilines is 2. The molecule has 5 heterocycles. The van der Waals surface area contributed by atoms with Gasteiger partial charge in [-0.15, -0.1) is 10.2 Å². The van der Waals surface area contributed by atoms with Crippen molar-refractivity contribution in [2.24, 2.45) is 0 Å². The molecule has 1 aliphatic carbocycles. The highest BCUT2D eigenvalue weighted by Gasteiger charge is 2.37. The Morgan fingerprint density at radius 3 is 2.59 bits per heavy atom. The predicted molar refractivity (Wildman–Crippen MR) is 141 cm³/mol. The largest absolute Gasteiger partial charge is 0.378 e. The van der Waals surface area contributed by atoms with Gasteiger partial charge in [0.1, 0.15) is 11.5 Å². The van der Waals surface area contributed by atoms with Gasteiger partial charge in [-0.25, -0.2) is 4.98 Å². The fourth-order valence-electron chi connectivity index (χ4n) is 5.38. The second-order valence-corrected chi connectivity index (χ2v) is 10.3. The van der Waals surface area contributed by atoms with Gasteiger partial charge in [-0.3, -0.25) is 4.57 Å². The van der Waals surface area contributed by atoms with E-state index >= 15 is 0 Å². The molecule has 190 valence electrons. The van der Waals surface area contributed by atoms with E-state index in [2.05, 4.69) is 36.8 Å². The lowest BCUT2D eigenvalue weighted by molar-refractivity contribution is 0.122. The Morgan fingerprint density at radius 1 is 0.919 bits per heavy atom. The molecule has 0 amide bonds. The third-order valence-corrected chi connectivity index (χ3v) is 7.65. The fourth-order valence-corrected chi connectivity index (χ4v) is 5.57. The highest BCUT2D eigenvalue weighted by molar-refractivity contribution is 6.30. The van der Waals surface area contributed by atoms with Crippen LogP contribution in [0.2, 0.25) is 5.02 Å². The summed E-state index contributed by atoms with van der Waals surface area (Å²) in [6.45, 7) is 4.12. The van der Waals surface area contributed by atoms with Crippen molar-refractivity contribution in [1.29, 1.82) is 0 Å². The number of hydrogen-bond acceptors (Lipinski definition) is 8. The molecule has 2 saturated heterocycles. The Bertz CT molecular complexity index is 1390. The van der Waals surface area contributed by atoms with Gasteiger partial charge in [0.25, 0.3) is 0 Å². The highest BCUT2D eigenvalue weighted by Crippen LogP contribution is 2.44. The van der Waals surface area contributed by atoms with E-state index in [4.69, 9.17) is 30.9 Å². The maximum Gasteiger partial charge on any atom is 0.228 e. The number of rotatable bonds is 6. The summed E-state index contributed by atoms with van der Waals surface area (Å²) in [7, 11) is 0. The highest BCUT2D eigenvalue weighted by atomic mass is 35.5. The van der Waals surface area contributed by atoms with Crippen molar-refractivity contribution < 1.29 is 9.26 Å². The summed E-state index contributed by atoms with van der Waals surface area (Å²) in [5, 5.41) is 14.5. The van der Waals surface area contributed by atoms with E-state index in [1.54, 1.807) is 0 Å². The molecule has 37 heavy (non-hydrogen) atoms. The van der Waals surface area contributed by atoms with E-state index in [1.807, 2.05) is 36.5 Å². The second kappa shape index (κ2) is 9.46. The molecule has 1 saturated carbocycles. The van der Waals surface area contributed by atoms with Gasteiger partial charge >= 0.3 is 0 Å². The van der Waals surface area contributed by atoms with E-state index in [0.29, 0.717) is 11.1 Å². The third kappa shape index (κ3) is 4.36. The van der Waals surface area contributed by atoms with Crippen LogP contribution in [-0.4, -0.2) is 57.8 Å². The monoisotopic (exact) mass is 517 g/mol. The summed E-state index contributed by atoms with van der Waals surface area (Å²) < 4.78 is 13.5. The molecule has 1 aromatic carbocycles. The first-order chi connectivity index (χ1) is 18.2. The Morgan fingerprint density at radius 2 is 1.81 bits per heavy atom. The lowest BCUT2D eigenvalue weighted by Crippen LogP contribution is -2.36. The van der Waals surface area contributed by atoms with Gasteiger partial charge in [-0.05, 0) is 49.9 Å². The van der Waals surface area contributed by atoms with Crippen molar-refractivity contribution in [2.45, 2.75) is 37.8 Å². The number of morpholine rings is 1. The summed E-state index contributed by atoms with van der Waals surface area (Å²) in [5.74, 6) is 3.49. The molecule has 0 N–H and O–H groups in total. The minimum atomic E-state index is 0.0908. The minimum absolute atomic E-state index is 0.0908. The molecule has 0 radical (unpaired) electrons. The third-order valence-electron chi connectivity index (χ3n) is 7.42. The molecule has 1 atom stereocenters. The zero-order chi connectivity index (χ0) is 24.8. The van der Waals surface area contributed by atoms with Crippen LogP contribution in [0.25, 0.3) is 22.7 Å². The first kappa shape index (κ1) is 22.7. The van der Waals surface area contributed by atoms with Crippen molar-refractivity contribution in [3.63, 3.8) is 0 Å². The van der Waals surface area contributed by atoms with Gasteiger partial charge in [0, 0.05) is 54.1 Å². The standard InChI is InChI=1S/C27H28ClN7O2/c28-20-4-1-3-18(15-20)24-16-22(32-37-24)23-5-2-10-34(23)27-31-30-26(35(27)21-7-8-21)19-6-9-25(29-17-19)33-11-13-36-14-12-33/h1,3-4,6,9,15-17,21,23H,2,5,7-8,10-14H2. The van der Waals surface area contributed by atoms with Crippen molar-refractivity contribution in [1.82, 2.24) is 24.9 Å². The van der Waals surface area contributed by atoms with Crippen molar-refractivity contribution in [3.05, 3.63) is 59.4 Å². The number of pyridine rings is 1. The molecule has 10 heteroatoms. The normalized spacial score (nSPS) is 20.1. The van der Waals surface area contributed by atoms with E-state index in [0.717, 1.165) is 98.7 Å². The SMILES string of the molecule is Clc1cccc(-c2cc(C3CCCN3c3nnc(-c4ccc(N5CCOCC5)nc4)n3C3CC3)no2)c1. The molecule has 4 aromatic rings. The van der Waals surface area contributed by atoms with Gasteiger partial charge in [0.05, 0.1) is 19.3 Å². The van der Waals surface area contributed by atoms with Crippen molar-refractivity contribution >= 4 is 23.4 Å². The predicted octanol–water partition coefficient (Wildman–Crippen LogP) is 5.16. The smallest absolute Gasteiger partial charge is 0.228 e. The molecule has 3 aliphatic rings. The molecular weight excluding hydrogens is 490 g/mol. The molecule has 3 aromatic heterocycles. The number of hydrogen-bond donors (Lipinski definition) is 0. The summed E-state index contributed by atoms with van der Waals surface area (Å²) in [5.41, 5.74) is 2.83. The van der Waals surface area contributed by atoms with Crippen molar-refractivity contribution in [2.75, 3.05) is 42.6 Å². The average molecular weight is 518 g/mol. The molecule has 3 fully saturated rings. The van der Waals surface area contributed by atoms with Gasteiger partial charge in [0.15, 0.2) is 11.6 Å². The van der Waals surface area contributed by atoms with E-state index in [-0.39, 0.29) is 6.04 Å². The molecule has 2 aliphatic heterocycles.